The number of aryl methyl sites for hydroxylation is 1. The first kappa shape index (κ1) is 25.4. The number of hydrogen-bond acceptors (Lipinski definition) is 5. The maximum absolute atomic E-state index is 13.3. The molecule has 0 aliphatic heterocycles. The largest absolute Gasteiger partial charge is 0.496 e. The molecule has 6 nitrogen and oxygen atoms in total. The van der Waals surface area contributed by atoms with Crippen LogP contribution >= 0.6 is 0 Å². The fourth-order valence-corrected chi connectivity index (χ4v) is 6.90. The first-order chi connectivity index (χ1) is 21.1. The highest BCUT2D eigenvalue weighted by atomic mass is 16.5. The van der Waals surface area contributed by atoms with Crippen molar-refractivity contribution in [2.24, 2.45) is 0 Å². The van der Waals surface area contributed by atoms with Crippen molar-refractivity contribution in [2.45, 2.75) is 32.2 Å². The Balaban J connectivity index is 1.25. The lowest BCUT2D eigenvalue weighted by Crippen LogP contribution is -2.21. The topological polar surface area (TPSA) is 74.1 Å². The third kappa shape index (κ3) is 4.10. The van der Waals surface area contributed by atoms with E-state index in [0.717, 1.165) is 87.2 Å². The zero-order valence-electron chi connectivity index (χ0n) is 23.7. The second-order valence-electron chi connectivity index (χ2n) is 11.3. The molecule has 3 aromatic carbocycles. The van der Waals surface area contributed by atoms with Gasteiger partial charge in [-0.3, -0.25) is 9.59 Å². The molecule has 0 radical (unpaired) electrons. The highest BCUT2D eigenvalue weighted by molar-refractivity contribution is 6.24. The predicted octanol–water partition coefficient (Wildman–Crippen LogP) is 6.90. The van der Waals surface area contributed by atoms with Crippen molar-refractivity contribution in [1.82, 2.24) is 15.0 Å². The normalized spacial score (nSPS) is 16.2. The number of carbonyl (C=O) groups is 2. The summed E-state index contributed by atoms with van der Waals surface area (Å²) in [6.45, 7) is 0.628. The van der Waals surface area contributed by atoms with Gasteiger partial charge in [-0.25, -0.2) is 4.68 Å². The number of carbonyl (C=O) groups excluding carboxylic acids is 2. The number of hydrogen-bond donors (Lipinski definition) is 0. The van der Waals surface area contributed by atoms with Gasteiger partial charge in [0.25, 0.3) is 0 Å². The molecule has 0 saturated carbocycles. The lowest BCUT2D eigenvalue weighted by atomic mass is 9.70. The summed E-state index contributed by atoms with van der Waals surface area (Å²) in [6.07, 6.45) is 14.2. The summed E-state index contributed by atoms with van der Waals surface area (Å²) >= 11 is 0. The SMILES string of the molecule is COc1ccc(-c2ccc(-c3cn(CC4=C=CC=C4)nn3)cc2)c2c1CCC1=C2c2c(ccc3c2C(=O)C=CC3=O)CC1. The summed E-state index contributed by atoms with van der Waals surface area (Å²) in [5.74, 6) is 0.623. The Morgan fingerprint density at radius 3 is 2.42 bits per heavy atom. The monoisotopic (exact) mass is 561 g/mol. The molecular weight excluding hydrogens is 534 g/mol. The molecule has 1 aromatic heterocycles. The molecule has 0 spiro atoms. The number of aromatic nitrogens is 3. The van der Waals surface area contributed by atoms with Gasteiger partial charge in [-0.2, -0.15) is 0 Å². The third-order valence-electron chi connectivity index (χ3n) is 8.93. The van der Waals surface area contributed by atoms with Crippen LogP contribution < -0.4 is 4.74 Å². The molecule has 4 aromatic rings. The molecule has 208 valence electrons. The van der Waals surface area contributed by atoms with E-state index in [0.29, 0.717) is 17.7 Å². The molecule has 4 aliphatic carbocycles. The molecule has 1 heterocycles. The summed E-state index contributed by atoms with van der Waals surface area (Å²) in [7, 11) is 1.71. The number of methoxy groups -OCH3 is 1. The first-order valence-electron chi connectivity index (χ1n) is 14.6. The summed E-state index contributed by atoms with van der Waals surface area (Å²) in [5, 5.41) is 8.71. The Labute approximate surface area is 249 Å². The number of nitrogens with zero attached hydrogens (tertiary/aromatic N) is 3. The Kier molecular flexibility index (Phi) is 5.85. The van der Waals surface area contributed by atoms with Gasteiger partial charge in [0.1, 0.15) is 11.4 Å². The maximum Gasteiger partial charge on any atom is 0.187 e. The Hall–Kier alpha value is -5.32. The van der Waals surface area contributed by atoms with Crippen molar-refractivity contribution in [1.29, 1.82) is 0 Å². The smallest absolute Gasteiger partial charge is 0.187 e. The maximum atomic E-state index is 13.3. The van der Waals surface area contributed by atoms with Crippen LogP contribution in [-0.4, -0.2) is 33.7 Å². The minimum absolute atomic E-state index is 0.106. The van der Waals surface area contributed by atoms with Crippen molar-refractivity contribution < 1.29 is 14.3 Å². The molecule has 0 N–H and O–H groups in total. The van der Waals surface area contributed by atoms with Crippen molar-refractivity contribution in [3.05, 3.63) is 135 Å². The van der Waals surface area contributed by atoms with Gasteiger partial charge >= 0.3 is 0 Å². The highest BCUT2D eigenvalue weighted by Gasteiger charge is 2.34. The van der Waals surface area contributed by atoms with E-state index in [2.05, 4.69) is 46.4 Å². The van der Waals surface area contributed by atoms with E-state index in [9.17, 15) is 9.59 Å². The van der Waals surface area contributed by atoms with Crippen LogP contribution in [0.4, 0.5) is 0 Å². The zero-order valence-corrected chi connectivity index (χ0v) is 23.7. The lowest BCUT2D eigenvalue weighted by Gasteiger charge is -2.33. The fourth-order valence-electron chi connectivity index (χ4n) is 6.90. The summed E-state index contributed by atoms with van der Waals surface area (Å²) in [5.41, 5.74) is 16.0. The van der Waals surface area contributed by atoms with Gasteiger partial charge in [-0.15, -0.1) is 10.8 Å². The molecule has 0 unspecified atom stereocenters. The van der Waals surface area contributed by atoms with Crippen molar-refractivity contribution >= 4 is 17.1 Å². The van der Waals surface area contributed by atoms with Gasteiger partial charge in [0.05, 0.1) is 19.9 Å². The van der Waals surface area contributed by atoms with Crippen LogP contribution in [0.25, 0.3) is 28.0 Å². The number of rotatable bonds is 5. The second kappa shape index (κ2) is 9.90. The summed E-state index contributed by atoms with van der Waals surface area (Å²) < 4.78 is 7.69. The third-order valence-corrected chi connectivity index (χ3v) is 8.93. The summed E-state index contributed by atoms with van der Waals surface area (Å²) in [6, 6.07) is 16.4. The molecule has 0 fully saturated rings. The van der Waals surface area contributed by atoms with E-state index in [1.807, 2.05) is 47.3 Å². The molecular formula is C37H27N3O3. The average Bonchev–Trinajstić information content (AvgIpc) is 3.74. The van der Waals surface area contributed by atoms with Crippen LogP contribution in [0.2, 0.25) is 0 Å². The van der Waals surface area contributed by atoms with Gasteiger partial charge in [0, 0.05) is 27.8 Å². The van der Waals surface area contributed by atoms with E-state index >= 15 is 0 Å². The Morgan fingerprint density at radius 1 is 0.814 bits per heavy atom. The van der Waals surface area contributed by atoms with E-state index < -0.39 is 0 Å². The number of allylic oxidation sites excluding steroid dienone is 6. The molecule has 0 atom stereocenters. The quantitative estimate of drug-likeness (QED) is 0.248. The van der Waals surface area contributed by atoms with Crippen LogP contribution in [-0.2, 0) is 19.4 Å². The molecule has 8 rings (SSSR count). The molecule has 0 saturated heterocycles. The molecule has 0 bridgehead atoms. The number of ether oxygens (including phenoxy) is 1. The van der Waals surface area contributed by atoms with Crippen LogP contribution in [0.3, 0.4) is 0 Å². The van der Waals surface area contributed by atoms with Gasteiger partial charge in [-0.05, 0) is 95.5 Å². The number of benzene rings is 3. The van der Waals surface area contributed by atoms with Gasteiger partial charge in [-0.1, -0.05) is 53.3 Å². The fraction of sp³-hybridized carbons (Fsp3) is 0.162. The van der Waals surface area contributed by atoms with Gasteiger partial charge in [0.15, 0.2) is 11.6 Å². The van der Waals surface area contributed by atoms with Crippen molar-refractivity contribution in [3.8, 4) is 28.1 Å². The van der Waals surface area contributed by atoms with Crippen molar-refractivity contribution in [3.63, 3.8) is 0 Å². The number of ketones is 2. The predicted molar refractivity (Wildman–Crippen MR) is 165 cm³/mol. The van der Waals surface area contributed by atoms with Crippen LogP contribution in [0, 0.1) is 0 Å². The van der Waals surface area contributed by atoms with E-state index in [1.54, 1.807) is 7.11 Å². The number of fused-ring (bicyclic) bond motifs is 6. The minimum atomic E-state index is -0.118. The van der Waals surface area contributed by atoms with Crippen LogP contribution in [0.15, 0.2) is 102 Å². The van der Waals surface area contributed by atoms with Crippen LogP contribution in [0.5, 0.6) is 5.75 Å². The Morgan fingerprint density at radius 2 is 1.60 bits per heavy atom. The van der Waals surface area contributed by atoms with E-state index in [-0.39, 0.29) is 11.6 Å². The van der Waals surface area contributed by atoms with E-state index in [4.69, 9.17) is 4.74 Å². The standard InChI is InChI=1S/C37H27N3O3/c1-43-33-19-16-27(23-6-8-24(9-7-23)30-21-40(39-38-30)20-22-4-2-3-5-22)36-29(33)15-13-25-10-11-26-12-14-28-31(41)17-18-32(42)37(28)35(26)34(25)36/h2-4,6-9,12,14,16-19,21H,10-11,13,15,20H2,1H3. The highest BCUT2D eigenvalue weighted by Crippen LogP contribution is 2.50. The second-order valence-corrected chi connectivity index (χ2v) is 11.3. The summed E-state index contributed by atoms with van der Waals surface area (Å²) in [4.78, 5) is 26.2. The lowest BCUT2D eigenvalue weighted by molar-refractivity contribution is 0.0994. The first-order valence-corrected chi connectivity index (χ1v) is 14.6. The molecule has 4 aliphatic rings. The Bertz CT molecular complexity index is 2050. The average molecular weight is 562 g/mol. The van der Waals surface area contributed by atoms with Crippen molar-refractivity contribution in [2.75, 3.05) is 7.11 Å². The zero-order chi connectivity index (χ0) is 29.1. The van der Waals surface area contributed by atoms with Gasteiger partial charge in [0.2, 0.25) is 0 Å². The molecule has 0 amide bonds. The molecule has 6 heteroatoms. The molecule has 43 heavy (non-hydrogen) atoms. The van der Waals surface area contributed by atoms with Gasteiger partial charge < -0.3 is 4.74 Å². The minimum Gasteiger partial charge on any atom is -0.496 e. The van der Waals surface area contributed by atoms with Crippen LogP contribution in [0.1, 0.15) is 55.8 Å². The van der Waals surface area contributed by atoms with E-state index in [1.165, 1.54) is 17.7 Å².